The lowest BCUT2D eigenvalue weighted by atomic mass is 10.00. The molecular formula is C18H24N4O. The maximum Gasteiger partial charge on any atom is 0.254 e. The second kappa shape index (κ2) is 6.96. The van der Waals surface area contributed by atoms with Crippen LogP contribution in [0.15, 0.2) is 30.5 Å². The minimum Gasteiger partial charge on any atom is -0.352 e. The highest BCUT2D eigenvalue weighted by Crippen LogP contribution is 2.17. The molecule has 1 saturated heterocycles. The van der Waals surface area contributed by atoms with Crippen LogP contribution in [0.2, 0.25) is 0 Å². The number of benzene rings is 1. The van der Waals surface area contributed by atoms with Crippen LogP contribution >= 0.6 is 0 Å². The first-order valence-electron chi connectivity index (χ1n) is 8.26. The first-order valence-corrected chi connectivity index (χ1v) is 8.26. The average molecular weight is 312 g/mol. The number of para-hydroxylation sites is 1. The van der Waals surface area contributed by atoms with Gasteiger partial charge in [-0.2, -0.15) is 5.10 Å². The van der Waals surface area contributed by atoms with E-state index in [4.69, 9.17) is 0 Å². The van der Waals surface area contributed by atoms with Gasteiger partial charge in [0.1, 0.15) is 0 Å². The third-order valence-electron chi connectivity index (χ3n) is 4.55. The van der Waals surface area contributed by atoms with E-state index in [-0.39, 0.29) is 5.91 Å². The van der Waals surface area contributed by atoms with Gasteiger partial charge in [-0.1, -0.05) is 18.2 Å². The van der Waals surface area contributed by atoms with Gasteiger partial charge in [0.2, 0.25) is 0 Å². The molecule has 1 atom stereocenters. The van der Waals surface area contributed by atoms with Gasteiger partial charge in [-0.15, -0.1) is 0 Å². The fraction of sp³-hybridized carbons (Fsp3) is 0.444. The Morgan fingerprint density at radius 3 is 2.96 bits per heavy atom. The van der Waals surface area contributed by atoms with E-state index in [1.807, 2.05) is 42.8 Å². The monoisotopic (exact) mass is 312 g/mol. The summed E-state index contributed by atoms with van der Waals surface area (Å²) in [7, 11) is 0. The third kappa shape index (κ3) is 3.45. The van der Waals surface area contributed by atoms with Gasteiger partial charge in [-0.25, -0.2) is 4.68 Å². The Hall–Kier alpha value is -2.14. The molecular weight excluding hydrogens is 288 g/mol. The van der Waals surface area contributed by atoms with Crippen LogP contribution < -0.4 is 10.6 Å². The fourth-order valence-electron chi connectivity index (χ4n) is 3.11. The van der Waals surface area contributed by atoms with Crippen LogP contribution in [-0.2, 0) is 0 Å². The highest BCUT2D eigenvalue weighted by Gasteiger charge is 2.18. The summed E-state index contributed by atoms with van der Waals surface area (Å²) in [4.78, 5) is 12.5. The summed E-state index contributed by atoms with van der Waals surface area (Å²) in [6, 6.07) is 8.06. The zero-order valence-corrected chi connectivity index (χ0v) is 13.8. The van der Waals surface area contributed by atoms with Gasteiger partial charge in [-0.05, 0) is 57.3 Å². The smallest absolute Gasteiger partial charge is 0.254 e. The standard InChI is InChI=1S/C18H24N4O/c1-13-6-3-4-8-17(13)22-14(2)16(12-21-22)18(23)20-11-15-7-5-9-19-10-15/h3-4,6,8,12,15,19H,5,7,9-11H2,1-2H3,(H,20,23). The molecule has 1 unspecified atom stereocenters. The largest absolute Gasteiger partial charge is 0.352 e. The second-order valence-corrected chi connectivity index (χ2v) is 6.26. The highest BCUT2D eigenvalue weighted by molar-refractivity contribution is 5.95. The Bertz CT molecular complexity index is 686. The first kappa shape index (κ1) is 15.7. The molecule has 0 bridgehead atoms. The van der Waals surface area contributed by atoms with Crippen molar-refractivity contribution < 1.29 is 4.79 Å². The number of hydrogen-bond donors (Lipinski definition) is 2. The molecule has 1 aliphatic rings. The predicted octanol–water partition coefficient (Wildman–Crippen LogP) is 2.22. The molecule has 23 heavy (non-hydrogen) atoms. The molecule has 0 saturated carbocycles. The molecule has 1 aliphatic heterocycles. The van der Waals surface area contributed by atoms with E-state index >= 15 is 0 Å². The van der Waals surface area contributed by atoms with Gasteiger partial charge in [0, 0.05) is 6.54 Å². The Morgan fingerprint density at radius 1 is 1.39 bits per heavy atom. The quantitative estimate of drug-likeness (QED) is 0.910. The maximum atomic E-state index is 12.5. The van der Waals surface area contributed by atoms with Crippen molar-refractivity contribution in [2.75, 3.05) is 19.6 Å². The summed E-state index contributed by atoms with van der Waals surface area (Å²) in [5.74, 6) is 0.493. The normalized spacial score (nSPS) is 17.9. The Labute approximate surface area is 137 Å². The summed E-state index contributed by atoms with van der Waals surface area (Å²) in [6.07, 6.45) is 4.02. The SMILES string of the molecule is Cc1ccccc1-n1ncc(C(=O)NCC2CCCNC2)c1C. The number of carbonyl (C=O) groups excluding carboxylic acids is 1. The van der Waals surface area contributed by atoms with E-state index in [1.54, 1.807) is 6.20 Å². The summed E-state index contributed by atoms with van der Waals surface area (Å²) in [5.41, 5.74) is 3.68. The molecule has 0 radical (unpaired) electrons. The number of aromatic nitrogens is 2. The Morgan fingerprint density at radius 2 is 2.22 bits per heavy atom. The van der Waals surface area contributed by atoms with Gasteiger partial charge >= 0.3 is 0 Å². The summed E-state index contributed by atoms with van der Waals surface area (Å²) >= 11 is 0. The molecule has 5 nitrogen and oxygen atoms in total. The third-order valence-corrected chi connectivity index (χ3v) is 4.55. The molecule has 5 heteroatoms. The molecule has 3 rings (SSSR count). The number of aryl methyl sites for hydroxylation is 1. The molecule has 1 aromatic heterocycles. The fourth-order valence-corrected chi connectivity index (χ4v) is 3.11. The van der Waals surface area contributed by atoms with E-state index < -0.39 is 0 Å². The van der Waals surface area contributed by atoms with Crippen LogP contribution in [0.1, 0.15) is 34.5 Å². The number of hydrogen-bond acceptors (Lipinski definition) is 3. The van der Waals surface area contributed by atoms with Crippen molar-refractivity contribution in [3.63, 3.8) is 0 Å². The van der Waals surface area contributed by atoms with Crippen molar-refractivity contribution in [3.8, 4) is 5.69 Å². The zero-order chi connectivity index (χ0) is 16.2. The molecule has 2 N–H and O–H groups in total. The highest BCUT2D eigenvalue weighted by atomic mass is 16.1. The van der Waals surface area contributed by atoms with Crippen molar-refractivity contribution in [2.45, 2.75) is 26.7 Å². The minimum absolute atomic E-state index is 0.0343. The molecule has 0 aliphatic carbocycles. The number of nitrogens with one attached hydrogen (secondary N) is 2. The number of carbonyl (C=O) groups is 1. The number of piperidine rings is 1. The van der Waals surface area contributed by atoms with E-state index in [2.05, 4.69) is 15.7 Å². The van der Waals surface area contributed by atoms with Crippen LogP contribution in [0.3, 0.4) is 0 Å². The lowest BCUT2D eigenvalue weighted by molar-refractivity contribution is 0.0944. The topological polar surface area (TPSA) is 59.0 Å². The Balaban J connectivity index is 1.71. The van der Waals surface area contributed by atoms with Crippen LogP contribution in [0, 0.1) is 19.8 Å². The molecule has 1 fully saturated rings. The zero-order valence-electron chi connectivity index (χ0n) is 13.8. The van der Waals surface area contributed by atoms with Crippen molar-refractivity contribution in [1.82, 2.24) is 20.4 Å². The number of amides is 1. The summed E-state index contributed by atoms with van der Waals surface area (Å²) in [6.45, 7) is 6.79. The van der Waals surface area contributed by atoms with E-state index in [1.165, 1.54) is 12.8 Å². The lowest BCUT2D eigenvalue weighted by Gasteiger charge is -2.22. The van der Waals surface area contributed by atoms with Crippen LogP contribution in [0.5, 0.6) is 0 Å². The van der Waals surface area contributed by atoms with Crippen molar-refractivity contribution in [1.29, 1.82) is 0 Å². The molecule has 2 heterocycles. The number of rotatable bonds is 4. The average Bonchev–Trinajstić information content (AvgIpc) is 2.95. The van der Waals surface area contributed by atoms with Crippen molar-refractivity contribution >= 4 is 5.91 Å². The van der Waals surface area contributed by atoms with Crippen molar-refractivity contribution in [2.24, 2.45) is 5.92 Å². The van der Waals surface area contributed by atoms with E-state index in [0.29, 0.717) is 11.5 Å². The first-order chi connectivity index (χ1) is 11.2. The number of nitrogens with zero attached hydrogens (tertiary/aromatic N) is 2. The summed E-state index contributed by atoms with van der Waals surface area (Å²) < 4.78 is 1.84. The lowest BCUT2D eigenvalue weighted by Crippen LogP contribution is -2.38. The molecule has 122 valence electrons. The molecule has 1 aromatic carbocycles. The minimum atomic E-state index is -0.0343. The van der Waals surface area contributed by atoms with Crippen molar-refractivity contribution in [3.05, 3.63) is 47.3 Å². The van der Waals surface area contributed by atoms with Crippen LogP contribution in [-0.4, -0.2) is 35.3 Å². The van der Waals surface area contributed by atoms with Gasteiger partial charge in [0.25, 0.3) is 5.91 Å². The van der Waals surface area contributed by atoms with Crippen LogP contribution in [0.25, 0.3) is 5.69 Å². The van der Waals surface area contributed by atoms with Gasteiger partial charge in [0.05, 0.1) is 23.1 Å². The van der Waals surface area contributed by atoms with E-state index in [9.17, 15) is 4.79 Å². The van der Waals surface area contributed by atoms with Gasteiger partial charge < -0.3 is 10.6 Å². The van der Waals surface area contributed by atoms with Gasteiger partial charge in [-0.3, -0.25) is 4.79 Å². The van der Waals surface area contributed by atoms with Gasteiger partial charge in [0.15, 0.2) is 0 Å². The maximum absolute atomic E-state index is 12.5. The Kier molecular flexibility index (Phi) is 4.76. The second-order valence-electron chi connectivity index (χ2n) is 6.26. The molecule has 0 spiro atoms. The van der Waals surface area contributed by atoms with Crippen LogP contribution in [0.4, 0.5) is 0 Å². The summed E-state index contributed by atoms with van der Waals surface area (Å²) in [5, 5.41) is 10.8. The molecule has 2 aromatic rings. The van der Waals surface area contributed by atoms with E-state index in [0.717, 1.165) is 36.6 Å². The molecule has 1 amide bonds. The predicted molar refractivity (Wildman–Crippen MR) is 91.0 cm³/mol.